The summed E-state index contributed by atoms with van der Waals surface area (Å²) in [5.74, 6) is -0.657. The van der Waals surface area contributed by atoms with E-state index in [-0.39, 0.29) is 17.8 Å². The van der Waals surface area contributed by atoms with Gasteiger partial charge in [-0.25, -0.2) is 13.8 Å². The molecule has 4 rings (SSSR count). The van der Waals surface area contributed by atoms with Crippen LogP contribution in [-0.2, 0) is 0 Å². The van der Waals surface area contributed by atoms with Crippen LogP contribution in [0.4, 0.5) is 14.5 Å². The summed E-state index contributed by atoms with van der Waals surface area (Å²) >= 11 is 9.89. The van der Waals surface area contributed by atoms with E-state index in [1.54, 1.807) is 12.3 Å². The number of hydrogen-bond donors (Lipinski definition) is 0. The van der Waals surface area contributed by atoms with E-state index in [9.17, 15) is 8.78 Å². The summed E-state index contributed by atoms with van der Waals surface area (Å²) in [4.78, 5) is 10.8. The van der Waals surface area contributed by atoms with E-state index in [0.29, 0.717) is 27.4 Å². The molecule has 126 valence electrons. The zero-order chi connectivity index (χ0) is 17.6. The summed E-state index contributed by atoms with van der Waals surface area (Å²) in [6.45, 7) is 0.794. The summed E-state index contributed by atoms with van der Waals surface area (Å²) < 4.78 is 29.5. The zero-order valence-corrected chi connectivity index (χ0v) is 15.2. The number of fused-ring (bicyclic) bond motifs is 3. The van der Waals surface area contributed by atoms with Crippen LogP contribution in [-0.4, -0.2) is 24.6 Å². The van der Waals surface area contributed by atoms with Crippen LogP contribution >= 0.6 is 27.5 Å². The maximum atomic E-state index is 14.4. The monoisotopic (exact) mass is 421 g/mol. The smallest absolute Gasteiger partial charge is 0.135 e. The van der Waals surface area contributed by atoms with Crippen molar-refractivity contribution in [3.8, 4) is 0 Å². The third-order valence-electron chi connectivity index (χ3n) is 4.11. The number of hydrogen-bond acceptors (Lipinski definition) is 3. The highest BCUT2D eigenvalue weighted by atomic mass is 79.9. The number of amidine groups is 1. The average Bonchev–Trinajstić information content (AvgIpc) is 2.76. The first-order chi connectivity index (χ1) is 12.1. The maximum Gasteiger partial charge on any atom is 0.135 e. The van der Waals surface area contributed by atoms with Crippen LogP contribution in [0.15, 0.2) is 57.1 Å². The summed E-state index contributed by atoms with van der Waals surface area (Å²) in [6, 6.07) is 7.40. The Morgan fingerprint density at radius 3 is 2.60 bits per heavy atom. The number of rotatable bonds is 1. The van der Waals surface area contributed by atoms with E-state index in [2.05, 4.69) is 25.9 Å². The lowest BCUT2D eigenvalue weighted by atomic mass is 9.99. The van der Waals surface area contributed by atoms with Gasteiger partial charge in [-0.05, 0) is 46.3 Å². The van der Waals surface area contributed by atoms with Gasteiger partial charge in [-0.1, -0.05) is 17.7 Å². The second kappa shape index (κ2) is 6.35. The molecule has 0 aliphatic carbocycles. The lowest BCUT2D eigenvalue weighted by Gasteiger charge is -2.27. The molecule has 3 nitrogen and oxygen atoms in total. The van der Waals surface area contributed by atoms with Crippen molar-refractivity contribution in [2.24, 2.45) is 9.98 Å². The van der Waals surface area contributed by atoms with Crippen molar-refractivity contribution in [2.75, 3.05) is 18.0 Å². The van der Waals surface area contributed by atoms with Crippen LogP contribution in [0.3, 0.4) is 0 Å². The minimum absolute atomic E-state index is 0.183. The molecule has 0 radical (unpaired) electrons. The fourth-order valence-electron chi connectivity index (χ4n) is 2.98. The molecule has 2 aromatic rings. The highest BCUT2D eigenvalue weighted by Gasteiger charge is 2.29. The molecule has 2 aliphatic heterocycles. The molecule has 0 bridgehead atoms. The predicted octanol–water partition coefficient (Wildman–Crippen LogP) is 4.96. The Hall–Kier alpha value is -2.05. The normalized spacial score (nSPS) is 15.9. The Labute approximate surface area is 156 Å². The molecule has 0 amide bonds. The van der Waals surface area contributed by atoms with Gasteiger partial charge in [0, 0.05) is 22.8 Å². The minimum Gasteiger partial charge on any atom is -0.324 e. The lowest BCUT2D eigenvalue weighted by molar-refractivity contribution is 0.579. The van der Waals surface area contributed by atoms with Gasteiger partial charge in [-0.15, -0.1) is 0 Å². The number of aliphatic imine (C=N–C) groups is 2. The first-order valence-corrected chi connectivity index (χ1v) is 8.71. The molecule has 0 atom stereocenters. The highest BCUT2D eigenvalue weighted by Crippen LogP contribution is 2.38. The first kappa shape index (κ1) is 16.4. The number of halogens is 4. The Balaban J connectivity index is 2.04. The van der Waals surface area contributed by atoms with Gasteiger partial charge in [0.2, 0.25) is 0 Å². The van der Waals surface area contributed by atoms with E-state index in [0.717, 1.165) is 5.69 Å². The van der Waals surface area contributed by atoms with E-state index in [1.165, 1.54) is 18.2 Å². The van der Waals surface area contributed by atoms with Gasteiger partial charge in [0.25, 0.3) is 0 Å². The molecule has 0 spiro atoms. The molecule has 0 saturated carbocycles. The molecule has 0 saturated heterocycles. The van der Waals surface area contributed by atoms with Gasteiger partial charge in [-0.3, -0.25) is 4.99 Å². The predicted molar refractivity (Wildman–Crippen MR) is 99.9 cm³/mol. The Morgan fingerprint density at radius 1 is 1.08 bits per heavy atom. The average molecular weight is 423 g/mol. The van der Waals surface area contributed by atoms with E-state index >= 15 is 0 Å². The van der Waals surface area contributed by atoms with Crippen LogP contribution in [0.2, 0.25) is 5.02 Å². The van der Waals surface area contributed by atoms with Crippen molar-refractivity contribution in [1.82, 2.24) is 0 Å². The summed E-state index contributed by atoms with van der Waals surface area (Å²) in [7, 11) is 0. The molecular formula is C18H11BrClF2N3. The van der Waals surface area contributed by atoms with Crippen LogP contribution in [0.1, 0.15) is 11.1 Å². The van der Waals surface area contributed by atoms with Gasteiger partial charge >= 0.3 is 0 Å². The summed E-state index contributed by atoms with van der Waals surface area (Å²) in [6.07, 6.45) is 3.61. The maximum absolute atomic E-state index is 14.4. The standard InChI is InChI=1S/C18H11BrClF2N3/c19-10-5-6-13-16(17(10)20)18(15-11(21)3-1-4-12(15)22)24-9-14-23-7-2-8-25(13)14/h1-7H,8-9H2. The van der Waals surface area contributed by atoms with Crippen LogP contribution in [0.25, 0.3) is 0 Å². The molecule has 2 aromatic carbocycles. The molecule has 0 unspecified atom stereocenters. The second-order valence-electron chi connectivity index (χ2n) is 5.56. The van der Waals surface area contributed by atoms with Crippen molar-refractivity contribution in [3.63, 3.8) is 0 Å². The largest absolute Gasteiger partial charge is 0.324 e. The Morgan fingerprint density at radius 2 is 1.84 bits per heavy atom. The van der Waals surface area contributed by atoms with Crippen molar-refractivity contribution in [1.29, 1.82) is 0 Å². The van der Waals surface area contributed by atoms with Crippen molar-refractivity contribution in [2.45, 2.75) is 0 Å². The van der Waals surface area contributed by atoms with Crippen molar-refractivity contribution >= 4 is 44.8 Å². The molecule has 7 heteroatoms. The molecule has 0 fully saturated rings. The SMILES string of the molecule is Fc1cccc(F)c1C1=NCC2=NC=CCN2c2ccc(Br)c(Cl)c21. The topological polar surface area (TPSA) is 28.0 Å². The number of nitrogens with zero attached hydrogens (tertiary/aromatic N) is 3. The number of anilines is 1. The van der Waals surface area contributed by atoms with Crippen LogP contribution < -0.4 is 4.90 Å². The zero-order valence-electron chi connectivity index (χ0n) is 12.8. The van der Waals surface area contributed by atoms with E-state index in [1.807, 2.05) is 17.0 Å². The van der Waals surface area contributed by atoms with Crippen molar-refractivity contribution < 1.29 is 8.78 Å². The molecule has 2 aliphatic rings. The molecule has 25 heavy (non-hydrogen) atoms. The van der Waals surface area contributed by atoms with Gasteiger partial charge in [0.1, 0.15) is 17.5 Å². The van der Waals surface area contributed by atoms with E-state index < -0.39 is 11.6 Å². The third kappa shape index (κ3) is 2.69. The van der Waals surface area contributed by atoms with Gasteiger partial charge < -0.3 is 4.90 Å². The van der Waals surface area contributed by atoms with Gasteiger partial charge in [0.15, 0.2) is 0 Å². The second-order valence-corrected chi connectivity index (χ2v) is 6.79. The van der Waals surface area contributed by atoms with Gasteiger partial charge in [0.05, 0.1) is 28.5 Å². The third-order valence-corrected chi connectivity index (χ3v) is 5.39. The quantitative estimate of drug-likeness (QED) is 0.638. The van der Waals surface area contributed by atoms with Gasteiger partial charge in [-0.2, -0.15) is 0 Å². The fraction of sp³-hybridized carbons (Fsp3) is 0.111. The molecule has 0 aromatic heterocycles. The highest BCUT2D eigenvalue weighted by molar-refractivity contribution is 9.10. The van der Waals surface area contributed by atoms with E-state index in [4.69, 9.17) is 11.6 Å². The number of benzene rings is 2. The lowest BCUT2D eigenvalue weighted by Crippen LogP contribution is -2.34. The fourth-order valence-corrected chi connectivity index (χ4v) is 3.56. The summed E-state index contributed by atoms with van der Waals surface area (Å²) in [5, 5.41) is 0.356. The molecular weight excluding hydrogens is 412 g/mol. The molecule has 0 N–H and O–H groups in total. The molecule has 2 heterocycles. The minimum atomic E-state index is -0.680. The first-order valence-electron chi connectivity index (χ1n) is 7.54. The van der Waals surface area contributed by atoms with Crippen molar-refractivity contribution in [3.05, 3.63) is 74.9 Å². The van der Waals surface area contributed by atoms with Crippen LogP contribution in [0, 0.1) is 11.6 Å². The summed E-state index contributed by atoms with van der Waals surface area (Å²) in [5.41, 5.74) is 1.21. The Kier molecular flexibility index (Phi) is 4.17. The Bertz CT molecular complexity index is 949. The van der Waals surface area contributed by atoms with Crippen LogP contribution in [0.5, 0.6) is 0 Å².